The topological polar surface area (TPSA) is 51.2 Å². The largest absolute Gasteiger partial charge is 0.496 e. The number of carbonyl (C=O) groups excluding carboxylic acids is 1. The number of ether oxygens (including phenoxy) is 3. The second-order valence-electron chi connectivity index (χ2n) is 9.56. The van der Waals surface area contributed by atoms with Crippen molar-refractivity contribution in [1.29, 1.82) is 0 Å². The predicted molar refractivity (Wildman–Crippen MR) is 175 cm³/mol. The van der Waals surface area contributed by atoms with Crippen LogP contribution in [0.2, 0.25) is 20.1 Å². The lowest BCUT2D eigenvalue weighted by Crippen LogP contribution is -2.22. The average molecular weight is 652 g/mol. The summed E-state index contributed by atoms with van der Waals surface area (Å²) < 4.78 is 17.7. The van der Waals surface area contributed by atoms with Crippen LogP contribution >= 0.6 is 46.4 Å². The second-order valence-corrected chi connectivity index (χ2v) is 11.1. The zero-order valence-electron chi connectivity index (χ0n) is 24.5. The highest BCUT2D eigenvalue weighted by atomic mass is 35.5. The molecule has 6 nitrogen and oxygen atoms in total. The molecule has 0 radical (unpaired) electrons. The van der Waals surface area contributed by atoms with Gasteiger partial charge in [0.05, 0.1) is 39.9 Å². The number of benzene rings is 3. The highest BCUT2D eigenvalue weighted by Gasteiger charge is 2.38. The Kier molecular flexibility index (Phi) is 10.5. The van der Waals surface area contributed by atoms with Crippen LogP contribution in [0.15, 0.2) is 42.5 Å². The van der Waals surface area contributed by atoms with Gasteiger partial charge in [-0.05, 0) is 63.6 Å². The number of cyclic esters (lactones) is 1. The molecule has 1 heterocycles. The lowest BCUT2D eigenvalue weighted by molar-refractivity contribution is 0.0468. The first-order valence-electron chi connectivity index (χ1n) is 13.8. The summed E-state index contributed by atoms with van der Waals surface area (Å²) in [5.41, 5.74) is 4.77. The van der Waals surface area contributed by atoms with E-state index >= 15 is 0 Å². The number of fused-ring (bicyclic) bond motifs is 1. The number of carbonyl (C=O) groups is 1. The minimum Gasteiger partial charge on any atom is -0.496 e. The molecule has 42 heavy (non-hydrogen) atoms. The van der Waals surface area contributed by atoms with Crippen LogP contribution in [-0.4, -0.2) is 46.4 Å². The summed E-state index contributed by atoms with van der Waals surface area (Å²) in [7, 11) is 3.26. The molecule has 10 heteroatoms. The number of hydrogen-bond acceptors (Lipinski definition) is 6. The van der Waals surface area contributed by atoms with Gasteiger partial charge in [-0.1, -0.05) is 46.4 Å². The molecule has 0 saturated heterocycles. The molecule has 1 aliphatic heterocycles. The van der Waals surface area contributed by atoms with Crippen LogP contribution in [0.1, 0.15) is 60.8 Å². The quantitative estimate of drug-likeness (QED) is 0.117. The maximum atomic E-state index is 13.0. The summed E-state index contributed by atoms with van der Waals surface area (Å²) in [5.74, 6) is 0.649. The van der Waals surface area contributed by atoms with E-state index in [0.29, 0.717) is 22.6 Å². The van der Waals surface area contributed by atoms with Crippen molar-refractivity contribution in [2.75, 3.05) is 50.2 Å². The zero-order valence-corrected chi connectivity index (χ0v) is 27.5. The Morgan fingerprint density at radius 3 is 1.64 bits per heavy atom. The van der Waals surface area contributed by atoms with Crippen LogP contribution in [0.25, 0.3) is 5.57 Å². The molecule has 224 valence electrons. The van der Waals surface area contributed by atoms with Crippen molar-refractivity contribution in [1.82, 2.24) is 0 Å². The van der Waals surface area contributed by atoms with E-state index in [2.05, 4.69) is 37.5 Å². The lowest BCUT2D eigenvalue weighted by Gasteiger charge is -2.25. The lowest BCUT2D eigenvalue weighted by atomic mass is 9.92. The summed E-state index contributed by atoms with van der Waals surface area (Å²) in [6.45, 7) is 11.8. The van der Waals surface area contributed by atoms with Crippen molar-refractivity contribution in [3.63, 3.8) is 0 Å². The van der Waals surface area contributed by atoms with Crippen LogP contribution in [0, 0.1) is 0 Å². The van der Waals surface area contributed by atoms with E-state index in [1.165, 1.54) is 0 Å². The molecule has 1 aliphatic rings. The van der Waals surface area contributed by atoms with Gasteiger partial charge in [-0.2, -0.15) is 0 Å². The van der Waals surface area contributed by atoms with Gasteiger partial charge in [-0.25, -0.2) is 4.79 Å². The normalized spacial score (nSPS) is 13.9. The third-order valence-corrected chi connectivity index (χ3v) is 9.37. The van der Waals surface area contributed by atoms with Gasteiger partial charge in [-0.15, -0.1) is 0 Å². The van der Waals surface area contributed by atoms with Crippen molar-refractivity contribution in [2.45, 2.75) is 33.8 Å². The summed E-state index contributed by atoms with van der Waals surface area (Å²) in [6.07, 6.45) is 0.918. The standard InChI is InChI=1S/C32H34Cl4N2O4/c1-7-37(8-2)18-11-13-20(23(15-18)40-5)22(21-14-12-19(16-24(21)41-6)38(9-3)10-4)17-25-26-27(32(39)42-25)29(34)31(36)30(35)28(26)33/h11-17,25H,7-10H2,1-6H3. The molecule has 1 unspecified atom stereocenters. The summed E-state index contributed by atoms with van der Waals surface area (Å²) >= 11 is 25.8. The van der Waals surface area contributed by atoms with Gasteiger partial charge in [0.25, 0.3) is 0 Å². The third-order valence-electron chi connectivity index (χ3n) is 7.55. The number of methoxy groups -OCH3 is 2. The van der Waals surface area contributed by atoms with E-state index in [0.717, 1.165) is 48.7 Å². The summed E-state index contributed by atoms with van der Waals surface area (Å²) in [5, 5.41) is 0.180. The van der Waals surface area contributed by atoms with Crippen molar-refractivity contribution in [2.24, 2.45) is 0 Å². The van der Waals surface area contributed by atoms with Gasteiger partial charge in [0.15, 0.2) is 0 Å². The van der Waals surface area contributed by atoms with Crippen molar-refractivity contribution >= 4 is 69.3 Å². The maximum Gasteiger partial charge on any atom is 0.341 e. The van der Waals surface area contributed by atoms with Crippen LogP contribution in [-0.2, 0) is 4.74 Å². The Morgan fingerprint density at radius 1 is 0.762 bits per heavy atom. The minimum absolute atomic E-state index is 0.00540. The second kappa shape index (κ2) is 13.7. The van der Waals surface area contributed by atoms with Gasteiger partial charge in [0.2, 0.25) is 0 Å². The van der Waals surface area contributed by atoms with E-state index in [1.807, 2.05) is 42.5 Å². The smallest absolute Gasteiger partial charge is 0.341 e. The summed E-state index contributed by atoms with van der Waals surface area (Å²) in [6, 6.07) is 12.1. The first-order chi connectivity index (χ1) is 20.1. The van der Waals surface area contributed by atoms with Crippen LogP contribution in [0.5, 0.6) is 11.5 Å². The van der Waals surface area contributed by atoms with Crippen molar-refractivity contribution < 1.29 is 19.0 Å². The molecule has 0 saturated carbocycles. The fourth-order valence-electron chi connectivity index (χ4n) is 5.32. The minimum atomic E-state index is -0.901. The fraction of sp³-hybridized carbons (Fsp3) is 0.344. The third kappa shape index (κ3) is 5.87. The number of hydrogen-bond donors (Lipinski definition) is 0. The van der Waals surface area contributed by atoms with Crippen LogP contribution < -0.4 is 19.3 Å². The number of nitrogens with zero attached hydrogens (tertiary/aromatic N) is 2. The monoisotopic (exact) mass is 650 g/mol. The molecule has 0 aromatic heterocycles. The van der Waals surface area contributed by atoms with Gasteiger partial charge in [0.1, 0.15) is 17.6 Å². The van der Waals surface area contributed by atoms with E-state index in [4.69, 9.17) is 60.6 Å². The van der Waals surface area contributed by atoms with Crippen molar-refractivity contribution in [3.8, 4) is 11.5 Å². The highest BCUT2D eigenvalue weighted by molar-refractivity contribution is 6.53. The van der Waals surface area contributed by atoms with E-state index in [9.17, 15) is 4.79 Å². The average Bonchev–Trinajstić information content (AvgIpc) is 3.34. The molecule has 3 aromatic rings. The molecular weight excluding hydrogens is 618 g/mol. The SMILES string of the molecule is CCN(CC)c1ccc(C(=CC2OC(=O)c3c(Cl)c(Cl)c(Cl)c(Cl)c32)c2ccc(N(CC)CC)cc2OC)c(OC)c1. The first-order valence-corrected chi connectivity index (χ1v) is 15.3. The highest BCUT2D eigenvalue weighted by Crippen LogP contribution is 2.50. The molecule has 4 rings (SSSR count). The molecule has 0 fully saturated rings. The Balaban J connectivity index is 2.00. The number of rotatable bonds is 11. The molecule has 0 bridgehead atoms. The fourth-order valence-corrected chi connectivity index (χ4v) is 6.37. The van der Waals surface area contributed by atoms with Gasteiger partial charge in [0, 0.05) is 66.4 Å². The number of halogens is 4. The number of anilines is 2. The van der Waals surface area contributed by atoms with E-state index in [1.54, 1.807) is 14.2 Å². The molecule has 1 atom stereocenters. The van der Waals surface area contributed by atoms with Crippen LogP contribution in [0.4, 0.5) is 11.4 Å². The molecule has 0 amide bonds. The zero-order chi connectivity index (χ0) is 30.7. The molecular formula is C32H34Cl4N2O4. The van der Waals surface area contributed by atoms with E-state index < -0.39 is 12.1 Å². The van der Waals surface area contributed by atoms with Gasteiger partial charge in [-0.3, -0.25) is 0 Å². The molecule has 3 aromatic carbocycles. The Hall–Kier alpha value is -2.77. The molecule has 0 N–H and O–H groups in total. The summed E-state index contributed by atoms with van der Waals surface area (Å²) in [4.78, 5) is 17.5. The first kappa shape index (κ1) is 32.2. The Bertz CT molecular complexity index is 1450. The van der Waals surface area contributed by atoms with Crippen LogP contribution in [0.3, 0.4) is 0 Å². The van der Waals surface area contributed by atoms with Crippen molar-refractivity contribution in [3.05, 3.63) is 84.8 Å². The predicted octanol–water partition coefficient (Wildman–Crippen LogP) is 9.35. The maximum absolute atomic E-state index is 13.0. The molecule has 0 spiro atoms. The van der Waals surface area contributed by atoms with Gasteiger partial charge < -0.3 is 24.0 Å². The number of esters is 1. The van der Waals surface area contributed by atoms with E-state index in [-0.39, 0.29) is 25.7 Å². The Labute approximate surface area is 267 Å². The Morgan fingerprint density at radius 2 is 1.21 bits per heavy atom. The molecule has 0 aliphatic carbocycles. The van der Waals surface area contributed by atoms with Gasteiger partial charge >= 0.3 is 5.97 Å².